The van der Waals surface area contributed by atoms with E-state index in [-0.39, 0.29) is 0 Å². The molecule has 3 aliphatic rings. The number of nitrogens with zero attached hydrogens (tertiary/aromatic N) is 4. The van der Waals surface area contributed by atoms with Gasteiger partial charge >= 0.3 is 0 Å². The first-order valence-electron chi connectivity index (χ1n) is 20.3. The standard InChI is InChI=1S/C42H76N4/c1-32(2)26-41(27-33(3)4)43-24-13-8-9-14-25-44-42(28-34(5)6)30-35(7)29-36-16-15-19-40(31-36)46-39-22-20-38(21-23-39)45-37-17-11-10-12-18-37/h32-36,38-39H,8-31H2,1-7H3. The van der Waals surface area contributed by atoms with Crippen molar-refractivity contribution in [2.75, 3.05) is 13.1 Å². The fraction of sp³-hybridized carbons (Fsp3) is 0.905. The van der Waals surface area contributed by atoms with E-state index in [4.69, 9.17) is 20.0 Å². The second-order valence-electron chi connectivity index (χ2n) is 17.0. The van der Waals surface area contributed by atoms with Crippen molar-refractivity contribution in [2.24, 2.45) is 49.6 Å². The number of aliphatic imine (C=N–C) groups is 4. The van der Waals surface area contributed by atoms with E-state index in [2.05, 4.69) is 48.5 Å². The largest absolute Gasteiger partial charge is 0.294 e. The highest BCUT2D eigenvalue weighted by atomic mass is 14.8. The quantitative estimate of drug-likeness (QED) is 0.100. The smallest absolute Gasteiger partial charge is 0.0500 e. The molecular weight excluding hydrogens is 560 g/mol. The molecule has 0 aliphatic heterocycles. The molecule has 3 saturated carbocycles. The Bertz CT molecular complexity index is 927. The predicted molar refractivity (Wildman–Crippen MR) is 206 cm³/mol. The Balaban J connectivity index is 1.36. The van der Waals surface area contributed by atoms with Crippen LogP contribution in [-0.4, -0.2) is 48.0 Å². The summed E-state index contributed by atoms with van der Waals surface area (Å²) in [6, 6.07) is 1.16. The number of rotatable bonds is 19. The molecule has 0 spiro atoms. The van der Waals surface area contributed by atoms with Crippen LogP contribution in [0.5, 0.6) is 0 Å². The van der Waals surface area contributed by atoms with Crippen LogP contribution in [-0.2, 0) is 0 Å². The van der Waals surface area contributed by atoms with Crippen molar-refractivity contribution in [1.82, 2.24) is 0 Å². The first-order chi connectivity index (χ1) is 22.2. The van der Waals surface area contributed by atoms with Gasteiger partial charge in [-0.15, -0.1) is 0 Å². The molecule has 0 amide bonds. The highest BCUT2D eigenvalue weighted by molar-refractivity contribution is 5.86. The minimum atomic E-state index is 0.568. The molecule has 3 aliphatic carbocycles. The molecule has 2 unspecified atom stereocenters. The summed E-state index contributed by atoms with van der Waals surface area (Å²) in [4.78, 5) is 20.7. The summed E-state index contributed by atoms with van der Waals surface area (Å²) in [5.74, 6) is 3.64. The van der Waals surface area contributed by atoms with Crippen molar-refractivity contribution in [3.05, 3.63) is 0 Å². The zero-order chi connectivity index (χ0) is 33.1. The van der Waals surface area contributed by atoms with Crippen molar-refractivity contribution in [1.29, 1.82) is 0 Å². The van der Waals surface area contributed by atoms with Gasteiger partial charge in [-0.2, -0.15) is 0 Å². The van der Waals surface area contributed by atoms with Gasteiger partial charge in [0.2, 0.25) is 0 Å². The highest BCUT2D eigenvalue weighted by Crippen LogP contribution is 2.32. The summed E-state index contributed by atoms with van der Waals surface area (Å²) in [5, 5.41) is 0. The maximum absolute atomic E-state index is 5.38. The zero-order valence-corrected chi connectivity index (χ0v) is 31.8. The van der Waals surface area contributed by atoms with E-state index in [0.717, 1.165) is 37.8 Å². The molecule has 2 atom stereocenters. The summed E-state index contributed by atoms with van der Waals surface area (Å²) in [5.41, 5.74) is 5.99. The van der Waals surface area contributed by atoms with Crippen molar-refractivity contribution >= 4 is 22.8 Å². The van der Waals surface area contributed by atoms with E-state index in [1.165, 1.54) is 146 Å². The fourth-order valence-corrected chi connectivity index (χ4v) is 8.32. The van der Waals surface area contributed by atoms with Crippen molar-refractivity contribution in [3.63, 3.8) is 0 Å². The van der Waals surface area contributed by atoms with Crippen molar-refractivity contribution in [2.45, 2.75) is 202 Å². The van der Waals surface area contributed by atoms with Crippen LogP contribution in [0, 0.1) is 29.6 Å². The minimum absolute atomic E-state index is 0.568. The van der Waals surface area contributed by atoms with Gasteiger partial charge in [-0.05, 0) is 152 Å². The van der Waals surface area contributed by atoms with E-state index in [9.17, 15) is 0 Å². The molecule has 0 aromatic heterocycles. The second kappa shape index (κ2) is 22.3. The third-order valence-corrected chi connectivity index (χ3v) is 10.4. The monoisotopic (exact) mass is 637 g/mol. The molecule has 0 aromatic rings. The molecule has 264 valence electrons. The lowest BCUT2D eigenvalue weighted by molar-refractivity contribution is 0.357. The van der Waals surface area contributed by atoms with Gasteiger partial charge in [0.15, 0.2) is 0 Å². The van der Waals surface area contributed by atoms with Crippen molar-refractivity contribution in [3.8, 4) is 0 Å². The van der Waals surface area contributed by atoms with Crippen LogP contribution >= 0.6 is 0 Å². The van der Waals surface area contributed by atoms with E-state index in [0.29, 0.717) is 29.8 Å². The van der Waals surface area contributed by atoms with Gasteiger partial charge < -0.3 is 0 Å². The third-order valence-electron chi connectivity index (χ3n) is 10.4. The summed E-state index contributed by atoms with van der Waals surface area (Å²) >= 11 is 0. The lowest BCUT2D eigenvalue weighted by Crippen LogP contribution is -2.24. The topological polar surface area (TPSA) is 49.4 Å². The van der Waals surface area contributed by atoms with Crippen LogP contribution in [0.4, 0.5) is 0 Å². The Morgan fingerprint density at radius 3 is 1.54 bits per heavy atom. The summed E-state index contributed by atoms with van der Waals surface area (Å²) < 4.78 is 0. The Morgan fingerprint density at radius 2 is 1.02 bits per heavy atom. The normalized spacial score (nSPS) is 24.7. The van der Waals surface area contributed by atoms with E-state index >= 15 is 0 Å². The molecule has 3 rings (SSSR count). The molecule has 0 N–H and O–H groups in total. The second-order valence-corrected chi connectivity index (χ2v) is 17.0. The lowest BCUT2D eigenvalue weighted by atomic mass is 9.80. The average molecular weight is 637 g/mol. The molecule has 0 saturated heterocycles. The van der Waals surface area contributed by atoms with Gasteiger partial charge in [-0.3, -0.25) is 20.0 Å². The van der Waals surface area contributed by atoms with Crippen molar-refractivity contribution < 1.29 is 0 Å². The van der Waals surface area contributed by atoms with Crippen LogP contribution in [0.15, 0.2) is 20.0 Å². The maximum Gasteiger partial charge on any atom is 0.0500 e. The van der Waals surface area contributed by atoms with E-state index in [1.54, 1.807) is 5.71 Å². The molecular formula is C42H76N4. The molecule has 0 heterocycles. The summed E-state index contributed by atoms with van der Waals surface area (Å²) in [6.07, 6.45) is 28.0. The number of hydrogen-bond acceptors (Lipinski definition) is 4. The first-order valence-corrected chi connectivity index (χ1v) is 20.3. The lowest BCUT2D eigenvalue weighted by Gasteiger charge is -2.29. The van der Waals surface area contributed by atoms with Gasteiger partial charge in [0.1, 0.15) is 0 Å². The van der Waals surface area contributed by atoms with Crippen LogP contribution in [0.25, 0.3) is 0 Å². The predicted octanol–water partition coefficient (Wildman–Crippen LogP) is 12.3. The SMILES string of the molecule is CC(C)CC(CC(C)C)=NCCCCCCN=C(CC(C)C)CC(C)CC1CCCC(=NC2CCC(N=C3CCCCC3)CC2)C1. The van der Waals surface area contributed by atoms with E-state index < -0.39 is 0 Å². The third kappa shape index (κ3) is 17.2. The Labute approximate surface area is 286 Å². The molecule has 46 heavy (non-hydrogen) atoms. The maximum atomic E-state index is 5.38. The van der Waals surface area contributed by atoms with Gasteiger partial charge in [0.05, 0.1) is 12.1 Å². The molecule has 0 bridgehead atoms. The van der Waals surface area contributed by atoms with Gasteiger partial charge in [-0.1, -0.05) is 67.7 Å². The molecule has 3 fully saturated rings. The minimum Gasteiger partial charge on any atom is -0.294 e. The molecule has 4 nitrogen and oxygen atoms in total. The fourth-order valence-electron chi connectivity index (χ4n) is 8.32. The summed E-state index contributed by atoms with van der Waals surface area (Å²) in [6.45, 7) is 18.5. The molecule has 0 radical (unpaired) electrons. The average Bonchev–Trinajstić information content (AvgIpc) is 2.99. The number of hydrogen-bond donors (Lipinski definition) is 0. The molecule has 0 aromatic carbocycles. The van der Waals surface area contributed by atoms with Gasteiger partial charge in [0.25, 0.3) is 0 Å². The Hall–Kier alpha value is -1.32. The molecule has 4 heteroatoms. The summed E-state index contributed by atoms with van der Waals surface area (Å²) in [7, 11) is 0. The first kappa shape index (κ1) is 39.1. The van der Waals surface area contributed by atoms with Gasteiger partial charge in [-0.25, -0.2) is 0 Å². The Morgan fingerprint density at radius 1 is 0.543 bits per heavy atom. The zero-order valence-electron chi connectivity index (χ0n) is 31.8. The van der Waals surface area contributed by atoms with Crippen LogP contribution in [0.2, 0.25) is 0 Å². The van der Waals surface area contributed by atoms with Crippen LogP contribution in [0.1, 0.15) is 190 Å². The van der Waals surface area contributed by atoms with Crippen LogP contribution < -0.4 is 0 Å². The van der Waals surface area contributed by atoms with Gasteiger partial charge in [0, 0.05) is 35.9 Å². The number of unbranched alkanes of at least 4 members (excludes halogenated alkanes) is 3. The Kier molecular flexibility index (Phi) is 19.0. The van der Waals surface area contributed by atoms with E-state index in [1.807, 2.05) is 0 Å². The van der Waals surface area contributed by atoms with Crippen LogP contribution in [0.3, 0.4) is 0 Å². The highest BCUT2D eigenvalue weighted by Gasteiger charge is 2.25.